The molecule has 0 bridgehead atoms. The Kier molecular flexibility index (Phi) is 7.38. The van der Waals surface area contributed by atoms with Crippen LogP contribution in [0.5, 0.6) is 0 Å². The van der Waals surface area contributed by atoms with Crippen LogP contribution in [0.1, 0.15) is 54.0 Å². The summed E-state index contributed by atoms with van der Waals surface area (Å²) in [5.74, 6) is 0.830. The van der Waals surface area contributed by atoms with Gasteiger partial charge in [-0.1, -0.05) is 57.2 Å². The normalized spacial score (nSPS) is 18.3. The number of ether oxygens (including phenoxy) is 1. The van der Waals surface area contributed by atoms with Gasteiger partial charge in [-0.05, 0) is 42.7 Å². The highest BCUT2D eigenvalue weighted by molar-refractivity contribution is 8.00. The first-order valence-corrected chi connectivity index (χ1v) is 14.2. The number of morpholine rings is 1. The third kappa shape index (κ3) is 5.12. The Bertz CT molecular complexity index is 1350. The van der Waals surface area contributed by atoms with Crippen LogP contribution in [0.25, 0.3) is 5.69 Å². The molecule has 0 spiro atoms. The van der Waals surface area contributed by atoms with Crippen molar-refractivity contribution in [2.24, 2.45) is 0 Å². The van der Waals surface area contributed by atoms with E-state index >= 15 is 0 Å². The van der Waals surface area contributed by atoms with Crippen molar-refractivity contribution in [1.82, 2.24) is 14.7 Å². The van der Waals surface area contributed by atoms with Crippen molar-refractivity contribution in [2.75, 3.05) is 43.5 Å². The summed E-state index contributed by atoms with van der Waals surface area (Å²) in [6.07, 6.45) is 0. The van der Waals surface area contributed by atoms with Gasteiger partial charge < -0.3 is 9.64 Å². The molecule has 0 aliphatic carbocycles. The number of nitrogens with zero attached hydrogens (tertiary/aromatic N) is 4. The molecule has 0 radical (unpaired) electrons. The predicted octanol–water partition coefficient (Wildman–Crippen LogP) is 4.81. The largest absolute Gasteiger partial charge is 0.378 e. The number of carbonyl (C=O) groups excluding carboxylic acids is 2. The SMILES string of the molecule is Cc1cccc(-n2nc(C(C)(C)C)c3c2N(CC(=O)N2CCOCC2)C(=O)CS[C@@H]3c2ccccc2C)c1. The molecular weight excluding hydrogens is 496 g/mol. The van der Waals surface area contributed by atoms with Crippen LogP contribution in [0.4, 0.5) is 5.82 Å². The molecule has 1 saturated heterocycles. The first kappa shape index (κ1) is 26.5. The van der Waals surface area contributed by atoms with Crippen LogP contribution in [0.2, 0.25) is 0 Å². The summed E-state index contributed by atoms with van der Waals surface area (Å²) in [4.78, 5) is 30.8. The molecule has 200 valence electrons. The number of rotatable bonds is 4. The minimum Gasteiger partial charge on any atom is -0.378 e. The van der Waals surface area contributed by atoms with E-state index < -0.39 is 0 Å². The van der Waals surface area contributed by atoms with Crippen molar-refractivity contribution >= 4 is 29.4 Å². The molecule has 8 heteroatoms. The number of hydrogen-bond donors (Lipinski definition) is 0. The van der Waals surface area contributed by atoms with Gasteiger partial charge in [-0.25, -0.2) is 4.68 Å². The number of carbonyl (C=O) groups is 2. The second-order valence-electron chi connectivity index (χ2n) is 11.1. The van der Waals surface area contributed by atoms with Crippen LogP contribution in [-0.4, -0.2) is 65.1 Å². The van der Waals surface area contributed by atoms with E-state index in [1.54, 1.807) is 21.6 Å². The third-order valence-electron chi connectivity index (χ3n) is 7.17. The molecule has 1 atom stereocenters. The molecule has 2 aliphatic rings. The molecule has 7 nitrogen and oxygen atoms in total. The maximum atomic E-state index is 13.8. The molecule has 0 N–H and O–H groups in total. The summed E-state index contributed by atoms with van der Waals surface area (Å²) >= 11 is 1.62. The van der Waals surface area contributed by atoms with E-state index in [9.17, 15) is 9.59 Å². The molecule has 0 saturated carbocycles. The highest BCUT2D eigenvalue weighted by Gasteiger charge is 2.40. The minimum absolute atomic E-state index is 0.0199. The number of aromatic nitrogens is 2. The Morgan fingerprint density at radius 1 is 1.08 bits per heavy atom. The van der Waals surface area contributed by atoms with Crippen molar-refractivity contribution in [3.05, 3.63) is 76.5 Å². The zero-order chi connectivity index (χ0) is 27.0. The van der Waals surface area contributed by atoms with Gasteiger partial charge in [0.1, 0.15) is 12.4 Å². The molecule has 1 fully saturated rings. The average molecular weight is 533 g/mol. The average Bonchev–Trinajstić information content (AvgIpc) is 3.23. The Morgan fingerprint density at radius 2 is 1.82 bits per heavy atom. The van der Waals surface area contributed by atoms with Crippen LogP contribution < -0.4 is 4.90 Å². The molecule has 3 aromatic rings. The Hall–Kier alpha value is -3.10. The maximum Gasteiger partial charge on any atom is 0.242 e. The minimum atomic E-state index is -0.284. The van der Waals surface area contributed by atoms with Crippen LogP contribution in [0, 0.1) is 13.8 Å². The molecule has 1 aromatic heterocycles. The van der Waals surface area contributed by atoms with Crippen molar-refractivity contribution < 1.29 is 14.3 Å². The lowest BCUT2D eigenvalue weighted by Crippen LogP contribution is -2.48. The summed E-state index contributed by atoms with van der Waals surface area (Å²) in [5, 5.41) is 5.10. The number of hydrogen-bond acceptors (Lipinski definition) is 5. The molecule has 0 unspecified atom stereocenters. The Labute approximate surface area is 229 Å². The van der Waals surface area contributed by atoms with Gasteiger partial charge in [0, 0.05) is 24.1 Å². The summed E-state index contributed by atoms with van der Waals surface area (Å²) in [7, 11) is 0. The second-order valence-corrected chi connectivity index (χ2v) is 12.2. The van der Waals surface area contributed by atoms with E-state index in [4.69, 9.17) is 9.84 Å². The molecule has 38 heavy (non-hydrogen) atoms. The number of amides is 2. The second kappa shape index (κ2) is 10.6. The zero-order valence-electron chi connectivity index (χ0n) is 22.9. The summed E-state index contributed by atoms with van der Waals surface area (Å²) < 4.78 is 7.34. The molecular formula is C30H36N4O3S. The third-order valence-corrected chi connectivity index (χ3v) is 8.41. The predicted molar refractivity (Wildman–Crippen MR) is 152 cm³/mol. The molecule has 3 heterocycles. The Balaban J connectivity index is 1.74. The van der Waals surface area contributed by atoms with Gasteiger partial charge in [0.25, 0.3) is 0 Å². The highest BCUT2D eigenvalue weighted by Crippen LogP contribution is 2.49. The van der Waals surface area contributed by atoms with Gasteiger partial charge >= 0.3 is 0 Å². The highest BCUT2D eigenvalue weighted by atomic mass is 32.2. The van der Waals surface area contributed by atoms with Crippen molar-refractivity contribution in [3.63, 3.8) is 0 Å². The van der Waals surface area contributed by atoms with E-state index in [0.717, 1.165) is 22.5 Å². The quantitative estimate of drug-likeness (QED) is 0.482. The van der Waals surface area contributed by atoms with Gasteiger partial charge in [0.15, 0.2) is 0 Å². The standard InChI is InChI=1S/C30H36N4O3S/c1-20-9-8-11-22(17-20)34-29-26(28(31-34)30(3,4)5)27(23-12-7-6-10-21(23)2)38-19-25(36)33(29)18-24(35)32-13-15-37-16-14-32/h6-12,17,27H,13-16,18-19H2,1-5H3/t27-/m1/s1. The number of thioether (sulfide) groups is 1. The fourth-order valence-electron chi connectivity index (χ4n) is 5.19. The monoisotopic (exact) mass is 532 g/mol. The fraction of sp³-hybridized carbons (Fsp3) is 0.433. The lowest BCUT2D eigenvalue weighted by Gasteiger charge is -2.30. The number of fused-ring (bicyclic) bond motifs is 1. The van der Waals surface area contributed by atoms with Crippen LogP contribution in [0.3, 0.4) is 0 Å². The molecule has 2 aromatic carbocycles. The Morgan fingerprint density at radius 3 is 2.50 bits per heavy atom. The summed E-state index contributed by atoms with van der Waals surface area (Å²) in [6.45, 7) is 12.7. The van der Waals surface area contributed by atoms with E-state index in [1.807, 2.05) is 35.9 Å². The van der Waals surface area contributed by atoms with Crippen molar-refractivity contribution in [3.8, 4) is 5.69 Å². The lowest BCUT2D eigenvalue weighted by atomic mass is 9.86. The van der Waals surface area contributed by atoms with E-state index in [0.29, 0.717) is 32.1 Å². The molecule has 2 aliphatic heterocycles. The van der Waals surface area contributed by atoms with Gasteiger partial charge in [-0.3, -0.25) is 14.5 Å². The number of benzene rings is 2. The van der Waals surface area contributed by atoms with Gasteiger partial charge in [0.2, 0.25) is 11.8 Å². The van der Waals surface area contributed by atoms with Crippen molar-refractivity contribution in [2.45, 2.75) is 45.3 Å². The first-order valence-electron chi connectivity index (χ1n) is 13.2. The lowest BCUT2D eigenvalue weighted by molar-refractivity contribution is -0.134. The smallest absolute Gasteiger partial charge is 0.242 e. The topological polar surface area (TPSA) is 67.7 Å². The van der Waals surface area contributed by atoms with E-state index in [2.05, 4.69) is 52.0 Å². The maximum absolute atomic E-state index is 13.8. The summed E-state index contributed by atoms with van der Waals surface area (Å²) in [5.41, 5.74) is 5.99. The van der Waals surface area contributed by atoms with Gasteiger partial charge in [-0.15, -0.1) is 11.8 Å². The summed E-state index contributed by atoms with van der Waals surface area (Å²) in [6, 6.07) is 16.5. The number of aryl methyl sites for hydroxylation is 2. The van der Waals surface area contributed by atoms with Gasteiger partial charge in [0.05, 0.1) is 35.6 Å². The number of anilines is 1. The van der Waals surface area contributed by atoms with Crippen LogP contribution >= 0.6 is 11.8 Å². The molecule has 2 amide bonds. The van der Waals surface area contributed by atoms with Crippen molar-refractivity contribution in [1.29, 1.82) is 0 Å². The molecule has 5 rings (SSSR count). The first-order chi connectivity index (χ1) is 18.1. The van der Waals surface area contributed by atoms with E-state index in [-0.39, 0.29) is 34.8 Å². The van der Waals surface area contributed by atoms with Crippen LogP contribution in [0.15, 0.2) is 48.5 Å². The fourth-order valence-corrected chi connectivity index (χ4v) is 6.48. The van der Waals surface area contributed by atoms with Gasteiger partial charge in [-0.2, -0.15) is 5.10 Å². The van der Waals surface area contributed by atoms with Crippen LogP contribution in [-0.2, 0) is 19.7 Å². The van der Waals surface area contributed by atoms with E-state index in [1.165, 1.54) is 11.1 Å². The zero-order valence-corrected chi connectivity index (χ0v) is 23.7.